The van der Waals surface area contributed by atoms with Crippen molar-refractivity contribution in [2.75, 3.05) is 7.11 Å². The summed E-state index contributed by atoms with van der Waals surface area (Å²) in [4.78, 5) is 22.2. The standard InChI is InChI=1S/C12H13NO3/c1-8-3-5-9(6-4-8)10(7-11(13)14)12(15)16-2/h3-7H,1-2H3,(H2,13,14). The maximum absolute atomic E-state index is 11.4. The molecule has 0 saturated carbocycles. The van der Waals surface area contributed by atoms with Gasteiger partial charge in [-0.2, -0.15) is 0 Å². The Morgan fingerprint density at radius 3 is 2.25 bits per heavy atom. The monoisotopic (exact) mass is 219 g/mol. The first kappa shape index (κ1) is 12.0. The van der Waals surface area contributed by atoms with Crippen LogP contribution < -0.4 is 5.73 Å². The Labute approximate surface area is 93.7 Å². The van der Waals surface area contributed by atoms with E-state index in [1.54, 1.807) is 12.1 Å². The lowest BCUT2D eigenvalue weighted by atomic mass is 10.0. The van der Waals surface area contributed by atoms with Gasteiger partial charge in [-0.3, -0.25) is 4.79 Å². The van der Waals surface area contributed by atoms with E-state index in [1.165, 1.54) is 7.11 Å². The largest absolute Gasteiger partial charge is 0.465 e. The molecule has 0 radical (unpaired) electrons. The van der Waals surface area contributed by atoms with Gasteiger partial charge in [0.2, 0.25) is 5.91 Å². The summed E-state index contributed by atoms with van der Waals surface area (Å²) in [5, 5.41) is 0. The zero-order valence-corrected chi connectivity index (χ0v) is 9.19. The molecule has 84 valence electrons. The fraction of sp³-hybridized carbons (Fsp3) is 0.167. The summed E-state index contributed by atoms with van der Waals surface area (Å²) >= 11 is 0. The van der Waals surface area contributed by atoms with Gasteiger partial charge in [0.1, 0.15) is 0 Å². The highest BCUT2D eigenvalue weighted by molar-refractivity contribution is 6.20. The lowest BCUT2D eigenvalue weighted by Gasteiger charge is -2.05. The second kappa shape index (κ2) is 5.11. The maximum atomic E-state index is 11.4. The van der Waals surface area contributed by atoms with Crippen LogP contribution in [0.3, 0.4) is 0 Å². The normalized spacial score (nSPS) is 11.0. The van der Waals surface area contributed by atoms with Gasteiger partial charge in [0, 0.05) is 6.08 Å². The Bertz CT molecular complexity index is 432. The molecule has 0 aliphatic rings. The highest BCUT2D eigenvalue weighted by atomic mass is 16.5. The van der Waals surface area contributed by atoms with Crippen molar-refractivity contribution in [2.24, 2.45) is 5.73 Å². The van der Waals surface area contributed by atoms with Crippen molar-refractivity contribution >= 4 is 17.4 Å². The Balaban J connectivity index is 3.16. The molecule has 4 heteroatoms. The van der Waals surface area contributed by atoms with Crippen molar-refractivity contribution in [3.63, 3.8) is 0 Å². The van der Waals surface area contributed by atoms with Crippen LogP contribution in [0.4, 0.5) is 0 Å². The van der Waals surface area contributed by atoms with Crippen LogP contribution in [0.1, 0.15) is 11.1 Å². The first-order chi connectivity index (χ1) is 7.54. The molecule has 0 atom stereocenters. The van der Waals surface area contributed by atoms with Crippen molar-refractivity contribution < 1.29 is 14.3 Å². The van der Waals surface area contributed by atoms with Crippen molar-refractivity contribution in [1.82, 2.24) is 0 Å². The van der Waals surface area contributed by atoms with E-state index < -0.39 is 11.9 Å². The van der Waals surface area contributed by atoms with Crippen LogP contribution in [0.2, 0.25) is 0 Å². The number of amides is 1. The molecule has 1 aromatic carbocycles. The van der Waals surface area contributed by atoms with Crippen LogP contribution in [0.5, 0.6) is 0 Å². The molecular formula is C12H13NO3. The van der Waals surface area contributed by atoms with Crippen molar-refractivity contribution in [3.05, 3.63) is 41.5 Å². The second-order valence-electron chi connectivity index (χ2n) is 3.32. The van der Waals surface area contributed by atoms with Crippen molar-refractivity contribution in [2.45, 2.75) is 6.92 Å². The van der Waals surface area contributed by atoms with Gasteiger partial charge in [-0.15, -0.1) is 0 Å². The van der Waals surface area contributed by atoms with Gasteiger partial charge >= 0.3 is 5.97 Å². The zero-order chi connectivity index (χ0) is 12.1. The molecule has 2 N–H and O–H groups in total. The fourth-order valence-corrected chi connectivity index (χ4v) is 1.25. The lowest BCUT2D eigenvalue weighted by Crippen LogP contribution is -2.11. The molecule has 0 bridgehead atoms. The molecule has 0 aromatic heterocycles. The number of carbonyl (C=O) groups excluding carboxylic acids is 2. The summed E-state index contributed by atoms with van der Waals surface area (Å²) in [6.07, 6.45) is 1.07. The van der Waals surface area contributed by atoms with Gasteiger partial charge < -0.3 is 10.5 Å². The number of nitrogens with two attached hydrogens (primary N) is 1. The maximum Gasteiger partial charge on any atom is 0.338 e. The van der Waals surface area contributed by atoms with Gasteiger partial charge in [0.25, 0.3) is 0 Å². The molecule has 0 fully saturated rings. The van der Waals surface area contributed by atoms with E-state index in [2.05, 4.69) is 4.74 Å². The van der Waals surface area contributed by atoms with E-state index in [4.69, 9.17) is 5.73 Å². The smallest absolute Gasteiger partial charge is 0.338 e. The third-order valence-corrected chi connectivity index (χ3v) is 2.05. The summed E-state index contributed by atoms with van der Waals surface area (Å²) in [6.45, 7) is 1.93. The average Bonchev–Trinajstić information content (AvgIpc) is 2.26. The van der Waals surface area contributed by atoms with Crippen LogP contribution in [-0.2, 0) is 14.3 Å². The van der Waals surface area contributed by atoms with E-state index in [0.29, 0.717) is 5.56 Å². The van der Waals surface area contributed by atoms with E-state index in [0.717, 1.165) is 11.6 Å². The number of aryl methyl sites for hydroxylation is 1. The third-order valence-electron chi connectivity index (χ3n) is 2.05. The minimum absolute atomic E-state index is 0.162. The minimum atomic E-state index is -0.680. The minimum Gasteiger partial charge on any atom is -0.465 e. The van der Waals surface area contributed by atoms with Crippen LogP contribution in [0.25, 0.3) is 5.57 Å². The van der Waals surface area contributed by atoms with Crippen LogP contribution in [0, 0.1) is 6.92 Å². The number of primary amides is 1. The van der Waals surface area contributed by atoms with Crippen LogP contribution >= 0.6 is 0 Å². The van der Waals surface area contributed by atoms with E-state index >= 15 is 0 Å². The molecule has 0 aliphatic heterocycles. The number of benzene rings is 1. The van der Waals surface area contributed by atoms with E-state index in [1.807, 2.05) is 19.1 Å². The van der Waals surface area contributed by atoms with Crippen LogP contribution in [0.15, 0.2) is 30.3 Å². The lowest BCUT2D eigenvalue weighted by molar-refractivity contribution is -0.133. The Morgan fingerprint density at radius 1 is 1.25 bits per heavy atom. The number of carbonyl (C=O) groups is 2. The van der Waals surface area contributed by atoms with Gasteiger partial charge in [0.15, 0.2) is 0 Å². The van der Waals surface area contributed by atoms with Crippen LogP contribution in [-0.4, -0.2) is 19.0 Å². The Kier molecular flexibility index (Phi) is 3.83. The molecule has 16 heavy (non-hydrogen) atoms. The second-order valence-corrected chi connectivity index (χ2v) is 3.32. The van der Waals surface area contributed by atoms with Crippen molar-refractivity contribution in [1.29, 1.82) is 0 Å². The van der Waals surface area contributed by atoms with Gasteiger partial charge in [-0.25, -0.2) is 4.79 Å². The van der Waals surface area contributed by atoms with Gasteiger partial charge in [-0.05, 0) is 12.5 Å². The first-order valence-corrected chi connectivity index (χ1v) is 4.71. The van der Waals surface area contributed by atoms with Gasteiger partial charge in [-0.1, -0.05) is 29.8 Å². The average molecular weight is 219 g/mol. The Morgan fingerprint density at radius 2 is 1.81 bits per heavy atom. The topological polar surface area (TPSA) is 69.4 Å². The number of rotatable bonds is 3. The number of hydrogen-bond donors (Lipinski definition) is 1. The quantitative estimate of drug-likeness (QED) is 0.610. The Hall–Kier alpha value is -2.10. The highest BCUT2D eigenvalue weighted by Gasteiger charge is 2.13. The molecule has 1 aromatic rings. The molecule has 1 rings (SSSR count). The number of methoxy groups -OCH3 is 1. The molecule has 4 nitrogen and oxygen atoms in total. The highest BCUT2D eigenvalue weighted by Crippen LogP contribution is 2.16. The molecule has 0 heterocycles. The SMILES string of the molecule is COC(=O)C(=CC(N)=O)c1ccc(C)cc1. The molecule has 0 aliphatic carbocycles. The number of hydrogen-bond acceptors (Lipinski definition) is 3. The first-order valence-electron chi connectivity index (χ1n) is 4.71. The molecule has 0 saturated heterocycles. The summed E-state index contributed by atoms with van der Waals surface area (Å²) in [5.41, 5.74) is 6.86. The third kappa shape index (κ3) is 2.95. The van der Waals surface area contributed by atoms with Gasteiger partial charge in [0.05, 0.1) is 12.7 Å². The summed E-state index contributed by atoms with van der Waals surface area (Å²) in [7, 11) is 1.26. The molecule has 0 unspecified atom stereocenters. The molecular weight excluding hydrogens is 206 g/mol. The summed E-state index contributed by atoms with van der Waals surface area (Å²) in [6, 6.07) is 7.16. The molecule has 0 spiro atoms. The van der Waals surface area contributed by atoms with E-state index in [-0.39, 0.29) is 5.57 Å². The molecule has 1 amide bonds. The predicted molar refractivity (Wildman–Crippen MR) is 60.4 cm³/mol. The summed E-state index contributed by atoms with van der Waals surface area (Å²) < 4.78 is 4.58. The van der Waals surface area contributed by atoms with Crippen molar-refractivity contribution in [3.8, 4) is 0 Å². The predicted octanol–water partition coefficient (Wildman–Crippen LogP) is 1.04. The van der Waals surface area contributed by atoms with E-state index in [9.17, 15) is 9.59 Å². The summed E-state index contributed by atoms with van der Waals surface area (Å²) in [5.74, 6) is -1.26. The fourth-order valence-electron chi connectivity index (χ4n) is 1.25. The number of esters is 1. The number of ether oxygens (including phenoxy) is 1. The zero-order valence-electron chi connectivity index (χ0n) is 9.19.